The van der Waals surface area contributed by atoms with Crippen molar-refractivity contribution in [3.05, 3.63) is 83.0 Å². The maximum atomic E-state index is 12.1. The van der Waals surface area contributed by atoms with E-state index in [0.29, 0.717) is 12.1 Å². The standard InChI is InChI=1S/C27H33N5OS/c1-3-24-18-25(32-15-13-31(14-16-32)19-21-9-6-5-7-10-21)30-27(29-24)34-20-22-11-8-12-23(17-22)26(33)28-4-2/h5-12,17-18H,3-4,13-16,19-20H2,1-2H3,(H,28,33). The van der Waals surface area contributed by atoms with Crippen LogP contribution in [0.5, 0.6) is 0 Å². The largest absolute Gasteiger partial charge is 0.354 e. The number of nitrogens with zero attached hydrogens (tertiary/aromatic N) is 4. The molecule has 2 aromatic carbocycles. The van der Waals surface area contributed by atoms with E-state index in [0.717, 1.165) is 67.1 Å². The van der Waals surface area contributed by atoms with Gasteiger partial charge in [-0.1, -0.05) is 61.2 Å². The predicted octanol–water partition coefficient (Wildman–Crippen LogP) is 4.40. The number of nitrogens with one attached hydrogen (secondary N) is 1. The summed E-state index contributed by atoms with van der Waals surface area (Å²) in [4.78, 5) is 26.7. The summed E-state index contributed by atoms with van der Waals surface area (Å²) in [6.45, 7) is 9.65. The number of piperazine rings is 1. The van der Waals surface area contributed by atoms with Crippen LogP contribution in [0.25, 0.3) is 0 Å². The highest BCUT2D eigenvalue weighted by atomic mass is 32.2. The van der Waals surface area contributed by atoms with Crippen LogP contribution in [-0.2, 0) is 18.7 Å². The number of anilines is 1. The summed E-state index contributed by atoms with van der Waals surface area (Å²) in [5, 5.41) is 3.65. The first-order valence-electron chi connectivity index (χ1n) is 12.0. The van der Waals surface area contributed by atoms with Crippen molar-refractivity contribution in [2.24, 2.45) is 0 Å². The second kappa shape index (κ2) is 12.0. The van der Waals surface area contributed by atoms with Crippen molar-refractivity contribution in [2.75, 3.05) is 37.6 Å². The quantitative estimate of drug-likeness (QED) is 0.366. The molecule has 0 aliphatic carbocycles. The number of amides is 1. The number of aromatic nitrogens is 2. The lowest BCUT2D eigenvalue weighted by molar-refractivity contribution is 0.0955. The molecule has 1 fully saturated rings. The van der Waals surface area contributed by atoms with Gasteiger partial charge in [0.05, 0.1) is 0 Å². The molecule has 2 heterocycles. The summed E-state index contributed by atoms with van der Waals surface area (Å²) in [6, 6.07) is 20.6. The van der Waals surface area contributed by atoms with Gasteiger partial charge in [0.1, 0.15) is 5.82 Å². The Kier molecular flexibility index (Phi) is 8.55. The van der Waals surface area contributed by atoms with Crippen LogP contribution in [0.1, 0.15) is 41.0 Å². The van der Waals surface area contributed by atoms with E-state index in [9.17, 15) is 4.79 Å². The topological polar surface area (TPSA) is 61.4 Å². The first-order chi connectivity index (χ1) is 16.6. The molecular weight excluding hydrogens is 442 g/mol. The van der Waals surface area contributed by atoms with Crippen LogP contribution in [0.2, 0.25) is 0 Å². The first kappa shape index (κ1) is 24.2. The maximum absolute atomic E-state index is 12.1. The number of carbonyl (C=O) groups is 1. The fraction of sp³-hybridized carbons (Fsp3) is 0.370. The molecule has 0 radical (unpaired) electrons. The Balaban J connectivity index is 1.38. The van der Waals surface area contributed by atoms with Crippen molar-refractivity contribution in [1.82, 2.24) is 20.2 Å². The summed E-state index contributed by atoms with van der Waals surface area (Å²) in [6.07, 6.45) is 0.879. The lowest BCUT2D eigenvalue weighted by Gasteiger charge is -2.35. The molecule has 6 nitrogen and oxygen atoms in total. The molecule has 34 heavy (non-hydrogen) atoms. The average Bonchev–Trinajstić information content (AvgIpc) is 2.88. The van der Waals surface area contributed by atoms with Crippen LogP contribution in [0, 0.1) is 0 Å². The van der Waals surface area contributed by atoms with Gasteiger partial charge in [-0.2, -0.15) is 0 Å². The minimum Gasteiger partial charge on any atom is -0.354 e. The lowest BCUT2D eigenvalue weighted by atomic mass is 10.1. The molecule has 1 aromatic heterocycles. The minimum atomic E-state index is -0.0349. The van der Waals surface area contributed by atoms with Crippen LogP contribution in [0.3, 0.4) is 0 Å². The third-order valence-corrected chi connectivity index (χ3v) is 6.87. The summed E-state index contributed by atoms with van der Waals surface area (Å²) >= 11 is 1.63. The van der Waals surface area contributed by atoms with Crippen LogP contribution in [0.15, 0.2) is 65.8 Å². The van der Waals surface area contributed by atoms with E-state index in [1.807, 2.05) is 31.2 Å². The molecule has 1 N–H and O–H groups in total. The molecule has 7 heteroatoms. The van der Waals surface area contributed by atoms with Crippen molar-refractivity contribution in [3.63, 3.8) is 0 Å². The van der Waals surface area contributed by atoms with Crippen LogP contribution < -0.4 is 10.2 Å². The molecular formula is C27H33N5OS. The van der Waals surface area contributed by atoms with Crippen LogP contribution in [-0.4, -0.2) is 53.5 Å². The first-order valence-corrected chi connectivity index (χ1v) is 13.0. The third kappa shape index (κ3) is 6.58. The number of hydrogen-bond acceptors (Lipinski definition) is 6. The van der Waals surface area contributed by atoms with Gasteiger partial charge in [0.25, 0.3) is 5.91 Å². The SMILES string of the molecule is CCNC(=O)c1cccc(CSc2nc(CC)cc(N3CCN(Cc4ccccc4)CC3)n2)c1. The zero-order chi connectivity index (χ0) is 23.8. The van der Waals surface area contributed by atoms with E-state index in [4.69, 9.17) is 9.97 Å². The second-order valence-electron chi connectivity index (χ2n) is 8.45. The Bertz CT molecular complexity index is 1080. The molecule has 1 amide bonds. The summed E-state index contributed by atoms with van der Waals surface area (Å²) < 4.78 is 0. The number of thioether (sulfide) groups is 1. The number of carbonyl (C=O) groups excluding carboxylic acids is 1. The fourth-order valence-electron chi connectivity index (χ4n) is 4.06. The Morgan fingerprint density at radius 1 is 0.941 bits per heavy atom. The van der Waals surface area contributed by atoms with E-state index in [1.165, 1.54) is 5.56 Å². The zero-order valence-electron chi connectivity index (χ0n) is 20.0. The molecule has 3 aromatic rings. The van der Waals surface area contributed by atoms with E-state index in [1.54, 1.807) is 11.8 Å². The highest BCUT2D eigenvalue weighted by Gasteiger charge is 2.19. The molecule has 0 unspecified atom stereocenters. The van der Waals surface area contributed by atoms with Gasteiger partial charge in [0.15, 0.2) is 5.16 Å². The van der Waals surface area contributed by atoms with Gasteiger partial charge < -0.3 is 10.2 Å². The Hall–Kier alpha value is -2.90. The van der Waals surface area contributed by atoms with Gasteiger partial charge in [0.2, 0.25) is 0 Å². The van der Waals surface area contributed by atoms with E-state index in [-0.39, 0.29) is 5.91 Å². The normalized spacial score (nSPS) is 14.2. The van der Waals surface area contributed by atoms with Crippen molar-refractivity contribution in [1.29, 1.82) is 0 Å². The summed E-state index contributed by atoms with van der Waals surface area (Å²) in [5.74, 6) is 1.71. The molecule has 1 aliphatic rings. The van der Waals surface area contributed by atoms with Crippen molar-refractivity contribution in [3.8, 4) is 0 Å². The highest BCUT2D eigenvalue weighted by Crippen LogP contribution is 2.24. The van der Waals surface area contributed by atoms with Crippen LogP contribution in [0.4, 0.5) is 5.82 Å². The van der Waals surface area contributed by atoms with E-state index in [2.05, 4.69) is 58.4 Å². The van der Waals surface area contributed by atoms with Gasteiger partial charge in [-0.15, -0.1) is 0 Å². The Morgan fingerprint density at radius 3 is 2.44 bits per heavy atom. The number of benzene rings is 2. The second-order valence-corrected chi connectivity index (χ2v) is 9.39. The minimum absolute atomic E-state index is 0.0349. The third-order valence-electron chi connectivity index (χ3n) is 5.95. The highest BCUT2D eigenvalue weighted by molar-refractivity contribution is 7.98. The molecule has 0 saturated carbocycles. The van der Waals surface area contributed by atoms with Gasteiger partial charge >= 0.3 is 0 Å². The smallest absolute Gasteiger partial charge is 0.251 e. The fourth-order valence-corrected chi connectivity index (χ4v) is 4.87. The number of hydrogen-bond donors (Lipinski definition) is 1. The molecule has 4 rings (SSSR count). The van der Waals surface area contributed by atoms with Crippen molar-refractivity contribution < 1.29 is 4.79 Å². The predicted molar refractivity (Wildman–Crippen MR) is 139 cm³/mol. The number of aryl methyl sites for hydroxylation is 1. The molecule has 1 aliphatic heterocycles. The molecule has 0 atom stereocenters. The zero-order valence-corrected chi connectivity index (χ0v) is 20.9. The van der Waals surface area contributed by atoms with Crippen molar-refractivity contribution in [2.45, 2.75) is 37.7 Å². The Labute approximate surface area is 206 Å². The van der Waals surface area contributed by atoms with Crippen molar-refractivity contribution >= 4 is 23.5 Å². The lowest BCUT2D eigenvalue weighted by Crippen LogP contribution is -2.46. The maximum Gasteiger partial charge on any atom is 0.251 e. The average molecular weight is 476 g/mol. The van der Waals surface area contributed by atoms with Gasteiger partial charge in [0, 0.05) is 62.3 Å². The molecule has 1 saturated heterocycles. The summed E-state index contributed by atoms with van der Waals surface area (Å²) in [5.41, 5.74) is 4.21. The molecule has 0 bridgehead atoms. The van der Waals surface area contributed by atoms with Gasteiger partial charge in [-0.05, 0) is 36.6 Å². The van der Waals surface area contributed by atoms with E-state index >= 15 is 0 Å². The monoisotopic (exact) mass is 475 g/mol. The molecule has 0 spiro atoms. The Morgan fingerprint density at radius 2 is 1.71 bits per heavy atom. The molecule has 178 valence electrons. The number of rotatable bonds is 9. The van der Waals surface area contributed by atoms with Crippen LogP contribution >= 0.6 is 11.8 Å². The summed E-state index contributed by atoms with van der Waals surface area (Å²) in [7, 11) is 0. The van der Waals surface area contributed by atoms with Gasteiger partial charge in [-0.25, -0.2) is 9.97 Å². The van der Waals surface area contributed by atoms with E-state index < -0.39 is 0 Å². The van der Waals surface area contributed by atoms with Gasteiger partial charge in [-0.3, -0.25) is 9.69 Å².